The van der Waals surface area contributed by atoms with Crippen molar-refractivity contribution in [3.8, 4) is 0 Å². The molecule has 1 atom stereocenters. The van der Waals surface area contributed by atoms with Crippen molar-refractivity contribution in [3.05, 3.63) is 11.6 Å². The normalized spacial score (nSPS) is 26.1. The molecule has 16 heavy (non-hydrogen) atoms. The van der Waals surface area contributed by atoms with Crippen LogP contribution in [0.5, 0.6) is 0 Å². The van der Waals surface area contributed by atoms with Crippen molar-refractivity contribution in [2.24, 2.45) is 0 Å². The lowest BCUT2D eigenvalue weighted by Gasteiger charge is -2.22. The molecule has 88 valence electrons. The second-order valence-electron chi connectivity index (χ2n) is 4.98. The molecule has 1 saturated heterocycles. The Bertz CT molecular complexity index is 352. The molecule has 1 N–H and O–H groups in total. The minimum Gasteiger partial charge on any atom is -0.316 e. The molecule has 1 fully saturated rings. The zero-order valence-corrected chi connectivity index (χ0v) is 9.78. The molecule has 0 aliphatic carbocycles. The van der Waals surface area contributed by atoms with Crippen LogP contribution in [-0.2, 0) is 13.0 Å². The molecule has 2 aliphatic heterocycles. The van der Waals surface area contributed by atoms with Gasteiger partial charge in [0.15, 0.2) is 0 Å². The van der Waals surface area contributed by atoms with Crippen LogP contribution in [-0.4, -0.2) is 27.9 Å². The SMILES string of the molecule is C1CCc2nnc([C@@H]3CCCNC3)n2CC1. The highest BCUT2D eigenvalue weighted by Crippen LogP contribution is 2.24. The second kappa shape index (κ2) is 4.53. The molecule has 0 amide bonds. The Hall–Kier alpha value is -0.900. The standard InChI is InChI=1S/C12H20N4/c1-2-6-11-14-15-12(16(11)8-3-1)10-5-4-7-13-9-10/h10,13H,1-9H2/t10-/m1/s1. The number of fused-ring (bicyclic) bond motifs is 1. The van der Waals surface area contributed by atoms with Gasteiger partial charge in [0.2, 0.25) is 0 Å². The van der Waals surface area contributed by atoms with Crippen molar-refractivity contribution in [1.82, 2.24) is 20.1 Å². The molecule has 0 aromatic carbocycles. The molecule has 0 bridgehead atoms. The Morgan fingerprint density at radius 2 is 2.12 bits per heavy atom. The van der Waals surface area contributed by atoms with Crippen molar-refractivity contribution >= 4 is 0 Å². The van der Waals surface area contributed by atoms with Crippen LogP contribution < -0.4 is 5.32 Å². The van der Waals surface area contributed by atoms with Gasteiger partial charge in [-0.05, 0) is 32.2 Å². The Morgan fingerprint density at radius 3 is 3.00 bits per heavy atom. The van der Waals surface area contributed by atoms with E-state index in [2.05, 4.69) is 20.1 Å². The van der Waals surface area contributed by atoms with E-state index in [1.54, 1.807) is 0 Å². The lowest BCUT2D eigenvalue weighted by atomic mass is 9.99. The van der Waals surface area contributed by atoms with Crippen LogP contribution in [0.2, 0.25) is 0 Å². The number of aromatic nitrogens is 3. The topological polar surface area (TPSA) is 42.7 Å². The lowest BCUT2D eigenvalue weighted by Crippen LogP contribution is -2.30. The van der Waals surface area contributed by atoms with Crippen LogP contribution in [0.4, 0.5) is 0 Å². The summed E-state index contributed by atoms with van der Waals surface area (Å²) in [6, 6.07) is 0. The predicted octanol–water partition coefficient (Wildman–Crippen LogP) is 1.47. The van der Waals surface area contributed by atoms with Crippen molar-refractivity contribution in [2.75, 3.05) is 13.1 Å². The van der Waals surface area contributed by atoms with Gasteiger partial charge in [-0.1, -0.05) is 6.42 Å². The Kier molecular flexibility index (Phi) is 2.91. The maximum absolute atomic E-state index is 4.44. The summed E-state index contributed by atoms with van der Waals surface area (Å²) in [7, 11) is 0. The zero-order chi connectivity index (χ0) is 10.8. The number of nitrogens with one attached hydrogen (secondary N) is 1. The minimum atomic E-state index is 0.591. The molecule has 0 spiro atoms. The molecule has 4 nitrogen and oxygen atoms in total. The third-order valence-corrected chi connectivity index (χ3v) is 3.80. The average molecular weight is 220 g/mol. The maximum atomic E-state index is 4.44. The molecule has 4 heteroatoms. The number of piperidine rings is 1. The summed E-state index contributed by atoms with van der Waals surface area (Å²) in [5.74, 6) is 3.05. The summed E-state index contributed by atoms with van der Waals surface area (Å²) >= 11 is 0. The van der Waals surface area contributed by atoms with Gasteiger partial charge >= 0.3 is 0 Å². The van der Waals surface area contributed by atoms with Crippen LogP contribution in [0.3, 0.4) is 0 Å². The van der Waals surface area contributed by atoms with Crippen LogP contribution in [0.15, 0.2) is 0 Å². The van der Waals surface area contributed by atoms with Gasteiger partial charge in [-0.2, -0.15) is 0 Å². The Balaban J connectivity index is 1.86. The second-order valence-corrected chi connectivity index (χ2v) is 4.98. The molecule has 1 aromatic heterocycles. The van der Waals surface area contributed by atoms with Crippen molar-refractivity contribution < 1.29 is 0 Å². The van der Waals surface area contributed by atoms with Crippen LogP contribution in [0, 0.1) is 0 Å². The van der Waals surface area contributed by atoms with E-state index in [4.69, 9.17) is 0 Å². The van der Waals surface area contributed by atoms with Crippen LogP contribution in [0.1, 0.15) is 49.7 Å². The van der Waals surface area contributed by atoms with Gasteiger partial charge in [-0.25, -0.2) is 0 Å². The largest absolute Gasteiger partial charge is 0.316 e. The van der Waals surface area contributed by atoms with E-state index in [1.807, 2.05) is 0 Å². The van der Waals surface area contributed by atoms with E-state index in [-0.39, 0.29) is 0 Å². The zero-order valence-electron chi connectivity index (χ0n) is 9.78. The van der Waals surface area contributed by atoms with Crippen LogP contribution >= 0.6 is 0 Å². The number of hydrogen-bond acceptors (Lipinski definition) is 3. The highest BCUT2D eigenvalue weighted by molar-refractivity contribution is 5.05. The highest BCUT2D eigenvalue weighted by atomic mass is 15.3. The summed E-state index contributed by atoms with van der Waals surface area (Å²) in [5, 5.41) is 12.3. The monoisotopic (exact) mass is 220 g/mol. The quantitative estimate of drug-likeness (QED) is 0.779. The third kappa shape index (κ3) is 1.86. The summed E-state index contributed by atoms with van der Waals surface area (Å²) in [5.41, 5.74) is 0. The van der Waals surface area contributed by atoms with Gasteiger partial charge in [0, 0.05) is 25.4 Å². The fourth-order valence-electron chi connectivity index (χ4n) is 2.88. The van der Waals surface area contributed by atoms with Crippen molar-refractivity contribution in [3.63, 3.8) is 0 Å². The number of hydrogen-bond donors (Lipinski definition) is 1. The molecule has 2 aliphatic rings. The molecule has 3 heterocycles. The van der Waals surface area contributed by atoms with E-state index in [1.165, 1.54) is 43.8 Å². The van der Waals surface area contributed by atoms with E-state index in [9.17, 15) is 0 Å². The van der Waals surface area contributed by atoms with Gasteiger partial charge < -0.3 is 9.88 Å². The fourth-order valence-corrected chi connectivity index (χ4v) is 2.88. The first-order chi connectivity index (χ1) is 7.95. The Labute approximate surface area is 96.4 Å². The number of rotatable bonds is 1. The molecule has 0 radical (unpaired) electrons. The summed E-state index contributed by atoms with van der Waals surface area (Å²) in [6.07, 6.45) is 7.57. The van der Waals surface area contributed by atoms with E-state index >= 15 is 0 Å². The fraction of sp³-hybridized carbons (Fsp3) is 0.833. The predicted molar refractivity (Wildman–Crippen MR) is 62.4 cm³/mol. The first kappa shape index (κ1) is 10.3. The van der Waals surface area contributed by atoms with E-state index in [0.717, 1.165) is 26.1 Å². The number of nitrogens with zero attached hydrogens (tertiary/aromatic N) is 3. The van der Waals surface area contributed by atoms with Crippen molar-refractivity contribution in [2.45, 2.75) is 51.0 Å². The first-order valence-electron chi connectivity index (χ1n) is 6.58. The highest BCUT2D eigenvalue weighted by Gasteiger charge is 2.23. The molecule has 0 saturated carbocycles. The van der Waals surface area contributed by atoms with E-state index in [0.29, 0.717) is 5.92 Å². The summed E-state index contributed by atoms with van der Waals surface area (Å²) < 4.78 is 2.39. The van der Waals surface area contributed by atoms with Crippen molar-refractivity contribution in [1.29, 1.82) is 0 Å². The Morgan fingerprint density at radius 1 is 1.12 bits per heavy atom. The minimum absolute atomic E-state index is 0.591. The number of aryl methyl sites for hydroxylation is 1. The molecule has 3 rings (SSSR count). The molecule has 1 aromatic rings. The van der Waals surface area contributed by atoms with Crippen LogP contribution in [0.25, 0.3) is 0 Å². The lowest BCUT2D eigenvalue weighted by molar-refractivity contribution is 0.429. The summed E-state index contributed by atoms with van der Waals surface area (Å²) in [6.45, 7) is 3.38. The molecular formula is C12H20N4. The summed E-state index contributed by atoms with van der Waals surface area (Å²) in [4.78, 5) is 0. The van der Waals surface area contributed by atoms with Gasteiger partial charge in [-0.3, -0.25) is 0 Å². The van der Waals surface area contributed by atoms with Gasteiger partial charge in [0.1, 0.15) is 11.6 Å². The van der Waals surface area contributed by atoms with Gasteiger partial charge in [-0.15, -0.1) is 10.2 Å². The molecule has 0 unspecified atom stereocenters. The maximum Gasteiger partial charge on any atom is 0.137 e. The van der Waals surface area contributed by atoms with Gasteiger partial charge in [0.05, 0.1) is 0 Å². The first-order valence-corrected chi connectivity index (χ1v) is 6.58. The average Bonchev–Trinajstić information content (AvgIpc) is 2.60. The molecular weight excluding hydrogens is 200 g/mol. The third-order valence-electron chi connectivity index (χ3n) is 3.80. The van der Waals surface area contributed by atoms with Gasteiger partial charge in [0.25, 0.3) is 0 Å². The van der Waals surface area contributed by atoms with E-state index < -0.39 is 0 Å². The smallest absolute Gasteiger partial charge is 0.137 e.